The van der Waals surface area contributed by atoms with Crippen LogP contribution in [0.5, 0.6) is 5.75 Å². The molecule has 2 atom stereocenters. The van der Waals surface area contributed by atoms with Crippen molar-refractivity contribution in [1.29, 1.82) is 0 Å². The van der Waals surface area contributed by atoms with E-state index in [-0.39, 0.29) is 12.1 Å². The highest BCUT2D eigenvalue weighted by molar-refractivity contribution is 7.80. The van der Waals surface area contributed by atoms with Crippen molar-refractivity contribution < 1.29 is 4.74 Å². The Morgan fingerprint density at radius 3 is 2.53 bits per heavy atom. The number of hydrogen-bond donors (Lipinski definition) is 1. The first-order chi connectivity index (χ1) is 14.7. The highest BCUT2D eigenvalue weighted by Gasteiger charge is 2.41. The number of aryl methyl sites for hydroxylation is 1. The molecule has 0 unspecified atom stereocenters. The van der Waals surface area contributed by atoms with E-state index in [2.05, 4.69) is 64.6 Å². The van der Waals surface area contributed by atoms with Crippen LogP contribution >= 0.6 is 23.6 Å². The van der Waals surface area contributed by atoms with Gasteiger partial charge in [-0.3, -0.25) is 4.98 Å². The molecule has 1 saturated heterocycles. The zero-order valence-electron chi connectivity index (χ0n) is 17.0. The Bertz CT molecular complexity index is 1010. The lowest BCUT2D eigenvalue weighted by atomic mass is 10.0. The zero-order valence-corrected chi connectivity index (χ0v) is 18.6. The molecule has 0 amide bonds. The molecule has 2 fully saturated rings. The summed E-state index contributed by atoms with van der Waals surface area (Å²) in [6.07, 6.45) is 7.07. The zero-order chi connectivity index (χ0) is 20.5. The van der Waals surface area contributed by atoms with Gasteiger partial charge in [0.2, 0.25) is 0 Å². The molecular formula is C24H25N3OS2. The van der Waals surface area contributed by atoms with Gasteiger partial charge < -0.3 is 15.0 Å². The summed E-state index contributed by atoms with van der Waals surface area (Å²) in [6, 6.07) is 18.9. The van der Waals surface area contributed by atoms with Crippen LogP contribution in [0.15, 0.2) is 60.8 Å². The molecule has 3 aromatic rings. The van der Waals surface area contributed by atoms with Crippen molar-refractivity contribution >= 4 is 34.4 Å². The summed E-state index contributed by atoms with van der Waals surface area (Å²) < 4.78 is 6.15. The number of nitrogens with zero attached hydrogens (tertiary/aromatic N) is 2. The van der Waals surface area contributed by atoms with Crippen LogP contribution in [0.3, 0.4) is 0 Å². The number of pyridine rings is 1. The van der Waals surface area contributed by atoms with Gasteiger partial charge in [-0.15, -0.1) is 11.3 Å². The SMILES string of the molecule is Cc1ccc([C@@H]2[C@@H](c3ccccn3)NC(=S)N2c2ccc(OC3CCCC3)cc2)s1. The molecule has 1 aromatic carbocycles. The molecule has 0 radical (unpaired) electrons. The van der Waals surface area contributed by atoms with Crippen molar-refractivity contribution in [2.75, 3.05) is 4.90 Å². The van der Waals surface area contributed by atoms with Crippen LogP contribution in [0.2, 0.25) is 0 Å². The number of benzene rings is 1. The first-order valence-electron chi connectivity index (χ1n) is 10.5. The number of ether oxygens (including phenoxy) is 1. The molecule has 0 spiro atoms. The van der Waals surface area contributed by atoms with Crippen molar-refractivity contribution in [2.24, 2.45) is 0 Å². The summed E-state index contributed by atoms with van der Waals surface area (Å²) in [7, 11) is 0. The molecule has 0 bridgehead atoms. The molecule has 30 heavy (non-hydrogen) atoms. The first-order valence-corrected chi connectivity index (χ1v) is 11.8. The van der Waals surface area contributed by atoms with Crippen molar-refractivity contribution in [2.45, 2.75) is 50.8 Å². The van der Waals surface area contributed by atoms with Crippen molar-refractivity contribution in [3.05, 3.63) is 76.2 Å². The molecule has 1 saturated carbocycles. The third-order valence-electron chi connectivity index (χ3n) is 5.87. The maximum atomic E-state index is 6.15. The summed E-state index contributed by atoms with van der Waals surface area (Å²) >= 11 is 7.61. The highest BCUT2D eigenvalue weighted by atomic mass is 32.1. The van der Waals surface area contributed by atoms with E-state index in [4.69, 9.17) is 17.0 Å². The monoisotopic (exact) mass is 435 g/mol. The average molecular weight is 436 g/mol. The Balaban J connectivity index is 1.46. The molecule has 1 N–H and O–H groups in total. The Labute approximate surface area is 186 Å². The Morgan fingerprint density at radius 2 is 1.87 bits per heavy atom. The minimum absolute atomic E-state index is 0.00571. The predicted octanol–water partition coefficient (Wildman–Crippen LogP) is 5.95. The van der Waals surface area contributed by atoms with Gasteiger partial charge in [0, 0.05) is 21.6 Å². The summed E-state index contributed by atoms with van der Waals surface area (Å²) in [4.78, 5) is 9.41. The normalized spacial score (nSPS) is 21.8. The van der Waals surface area contributed by atoms with Gasteiger partial charge in [0.05, 0.1) is 23.9 Å². The molecular weight excluding hydrogens is 410 g/mol. The van der Waals surface area contributed by atoms with Gasteiger partial charge in [-0.05, 0) is 93.4 Å². The Kier molecular flexibility index (Phi) is 5.44. The van der Waals surface area contributed by atoms with E-state index in [1.165, 1.54) is 22.6 Å². The minimum atomic E-state index is 0.00571. The molecule has 154 valence electrons. The van der Waals surface area contributed by atoms with E-state index in [1.54, 1.807) is 0 Å². The fraction of sp³-hybridized carbons (Fsp3) is 0.333. The van der Waals surface area contributed by atoms with Crippen LogP contribution in [0, 0.1) is 6.92 Å². The number of aromatic nitrogens is 1. The standard InChI is InChI=1S/C24H25N3OS2/c1-16-9-14-21(30-16)23-22(20-8-4-5-15-25-20)26-24(29)27(23)17-10-12-19(13-11-17)28-18-6-2-3-7-18/h4-5,8-15,18,22-23H,2-3,6-7H2,1H3,(H,26,29)/t22-,23-/m1/s1. The number of nitrogens with one attached hydrogen (secondary N) is 1. The molecule has 3 heterocycles. The number of rotatable bonds is 5. The largest absolute Gasteiger partial charge is 0.490 e. The quantitative estimate of drug-likeness (QED) is 0.501. The Hall–Kier alpha value is -2.44. The maximum absolute atomic E-state index is 6.15. The van der Waals surface area contributed by atoms with Gasteiger partial charge in [-0.2, -0.15) is 0 Å². The van der Waals surface area contributed by atoms with E-state index in [1.807, 2.05) is 29.7 Å². The van der Waals surface area contributed by atoms with Gasteiger partial charge >= 0.3 is 0 Å². The third kappa shape index (κ3) is 3.82. The van der Waals surface area contributed by atoms with Crippen molar-refractivity contribution in [3.8, 4) is 5.75 Å². The maximum Gasteiger partial charge on any atom is 0.174 e. The van der Waals surface area contributed by atoms with Crippen LogP contribution in [-0.4, -0.2) is 16.2 Å². The molecule has 4 nitrogen and oxygen atoms in total. The number of thiocarbonyl (C=S) groups is 1. The number of anilines is 1. The predicted molar refractivity (Wildman–Crippen MR) is 126 cm³/mol. The van der Waals surface area contributed by atoms with Gasteiger partial charge in [0.15, 0.2) is 5.11 Å². The summed E-state index contributed by atoms with van der Waals surface area (Å²) in [5.41, 5.74) is 2.07. The summed E-state index contributed by atoms with van der Waals surface area (Å²) in [6.45, 7) is 2.14. The lowest BCUT2D eigenvalue weighted by Gasteiger charge is -2.27. The van der Waals surface area contributed by atoms with Crippen LogP contribution < -0.4 is 15.0 Å². The molecule has 5 rings (SSSR count). The number of hydrogen-bond acceptors (Lipinski definition) is 4. The second kappa shape index (κ2) is 8.36. The molecule has 1 aliphatic heterocycles. The fourth-order valence-corrected chi connectivity index (χ4v) is 5.77. The van der Waals surface area contributed by atoms with E-state index >= 15 is 0 Å². The van der Waals surface area contributed by atoms with E-state index in [0.29, 0.717) is 6.10 Å². The van der Waals surface area contributed by atoms with Crippen molar-refractivity contribution in [3.63, 3.8) is 0 Å². The first kappa shape index (κ1) is 19.5. The fourth-order valence-electron chi connectivity index (χ4n) is 4.42. The van der Waals surface area contributed by atoms with Gasteiger partial charge in [-0.25, -0.2) is 0 Å². The molecule has 1 aliphatic carbocycles. The number of thiophene rings is 1. The van der Waals surface area contributed by atoms with Crippen LogP contribution in [0.4, 0.5) is 5.69 Å². The van der Waals surface area contributed by atoms with Crippen LogP contribution in [0.1, 0.15) is 53.2 Å². The van der Waals surface area contributed by atoms with E-state index < -0.39 is 0 Å². The minimum Gasteiger partial charge on any atom is -0.490 e. The smallest absolute Gasteiger partial charge is 0.174 e. The van der Waals surface area contributed by atoms with Gasteiger partial charge in [0.25, 0.3) is 0 Å². The molecule has 2 aromatic heterocycles. The summed E-state index contributed by atoms with van der Waals surface area (Å²) in [5, 5.41) is 4.25. The topological polar surface area (TPSA) is 37.4 Å². The van der Waals surface area contributed by atoms with Crippen LogP contribution in [0.25, 0.3) is 0 Å². The average Bonchev–Trinajstić information content (AvgIpc) is 3.50. The lowest BCUT2D eigenvalue weighted by Crippen LogP contribution is -2.29. The van der Waals surface area contributed by atoms with E-state index in [0.717, 1.165) is 35.1 Å². The third-order valence-corrected chi connectivity index (χ3v) is 7.26. The molecule has 2 aliphatic rings. The Morgan fingerprint density at radius 1 is 1.07 bits per heavy atom. The second-order valence-electron chi connectivity index (χ2n) is 7.96. The second-order valence-corrected chi connectivity index (χ2v) is 9.67. The lowest BCUT2D eigenvalue weighted by molar-refractivity contribution is 0.210. The molecule has 6 heteroatoms. The van der Waals surface area contributed by atoms with E-state index in [9.17, 15) is 0 Å². The highest BCUT2D eigenvalue weighted by Crippen LogP contribution is 2.43. The van der Waals surface area contributed by atoms with Gasteiger partial charge in [0.1, 0.15) is 5.75 Å². The van der Waals surface area contributed by atoms with Crippen molar-refractivity contribution in [1.82, 2.24) is 10.3 Å². The van der Waals surface area contributed by atoms with Gasteiger partial charge in [-0.1, -0.05) is 6.07 Å². The summed E-state index contributed by atoms with van der Waals surface area (Å²) in [5.74, 6) is 0.938. The van der Waals surface area contributed by atoms with Crippen LogP contribution in [-0.2, 0) is 0 Å².